The van der Waals surface area contributed by atoms with Crippen molar-refractivity contribution in [3.05, 3.63) is 12.2 Å². The van der Waals surface area contributed by atoms with Crippen LogP contribution < -0.4 is 0 Å². The Morgan fingerprint density at radius 1 is 0.476 bits per heavy atom. The van der Waals surface area contributed by atoms with E-state index >= 15 is 0 Å². The van der Waals surface area contributed by atoms with E-state index in [1.165, 1.54) is 57.8 Å². The third-order valence-electron chi connectivity index (χ3n) is 2.29. The van der Waals surface area contributed by atoms with Gasteiger partial charge in [-0.15, -0.1) is 0 Å². The maximum absolute atomic E-state index is 2.26. The van der Waals surface area contributed by atoms with Gasteiger partial charge in [-0.25, -0.2) is 0 Å². The second-order valence-corrected chi connectivity index (χ2v) is 4.79. The molecule has 0 aliphatic carbocycles. The molecule has 0 amide bonds. The predicted molar refractivity (Wildman–Crippen MR) is 107 cm³/mol. The van der Waals surface area contributed by atoms with E-state index in [0.29, 0.717) is 0 Å². The summed E-state index contributed by atoms with van der Waals surface area (Å²) in [4.78, 5) is 0. The molecule has 0 heteroatoms. The lowest BCUT2D eigenvalue weighted by Crippen LogP contribution is -1.73. The predicted octanol–water partition coefficient (Wildman–Crippen LogP) is 9.20. The second kappa shape index (κ2) is 60.1. The van der Waals surface area contributed by atoms with Crippen LogP contribution in [0, 0.1) is 0 Å². The Morgan fingerprint density at radius 3 is 0.810 bits per heavy atom. The van der Waals surface area contributed by atoms with Crippen molar-refractivity contribution in [3.8, 4) is 0 Å². The monoisotopic (exact) mass is 302 g/mol. The Bertz CT molecular complexity index is 90.6. The molecule has 0 aliphatic rings. The van der Waals surface area contributed by atoms with Crippen molar-refractivity contribution in [1.82, 2.24) is 0 Å². The van der Waals surface area contributed by atoms with Gasteiger partial charge in [-0.1, -0.05) is 125 Å². The fourth-order valence-corrected chi connectivity index (χ4v) is 0.854. The van der Waals surface area contributed by atoms with Crippen LogP contribution in [0.5, 0.6) is 0 Å². The highest BCUT2D eigenvalue weighted by molar-refractivity contribution is 4.68. The van der Waals surface area contributed by atoms with Crippen molar-refractivity contribution >= 4 is 0 Å². The van der Waals surface area contributed by atoms with Crippen LogP contribution in [0.1, 0.15) is 127 Å². The first-order valence-corrected chi connectivity index (χ1v) is 9.73. The van der Waals surface area contributed by atoms with E-state index in [2.05, 4.69) is 41.5 Å². The summed E-state index contributed by atoms with van der Waals surface area (Å²) >= 11 is 0. The van der Waals surface area contributed by atoms with Gasteiger partial charge in [-0.2, -0.15) is 0 Å². The molecule has 0 aromatic rings. The summed E-state index contributed by atoms with van der Waals surface area (Å²) in [6.45, 7) is 21.1. The third kappa shape index (κ3) is 137. The van der Waals surface area contributed by atoms with Crippen molar-refractivity contribution in [2.45, 2.75) is 127 Å². The zero-order valence-corrected chi connectivity index (χ0v) is 17.5. The van der Waals surface area contributed by atoms with Crippen molar-refractivity contribution in [3.63, 3.8) is 0 Å². The molecule has 0 bridgehead atoms. The van der Waals surface area contributed by atoms with Crippen molar-refractivity contribution < 1.29 is 0 Å². The van der Waals surface area contributed by atoms with Crippen molar-refractivity contribution in [2.75, 3.05) is 0 Å². The van der Waals surface area contributed by atoms with Crippen LogP contribution in [0.2, 0.25) is 0 Å². The summed E-state index contributed by atoms with van der Waals surface area (Å²) in [6, 6.07) is 0. The topological polar surface area (TPSA) is 0 Å². The smallest absolute Gasteiger partial charge is 0.0470 e. The highest BCUT2D eigenvalue weighted by atomic mass is 13.9. The highest BCUT2D eigenvalue weighted by Gasteiger charge is 1.83. The lowest BCUT2D eigenvalue weighted by Gasteiger charge is -1.93. The highest BCUT2D eigenvalue weighted by Crippen LogP contribution is 2.03. The molecule has 0 radical (unpaired) electrons. The summed E-state index contributed by atoms with van der Waals surface area (Å²) in [6.07, 6.45) is 16.4. The molecule has 0 saturated carbocycles. The average molecular weight is 303 g/mol. The molecule has 0 rings (SSSR count). The van der Waals surface area contributed by atoms with Crippen LogP contribution in [0.15, 0.2) is 12.2 Å². The quantitative estimate of drug-likeness (QED) is 0.339. The van der Waals surface area contributed by atoms with Gasteiger partial charge in [0.2, 0.25) is 0 Å². The largest absolute Gasteiger partial charge is 0.0919 e. The molecule has 0 atom stereocenters. The number of rotatable bonds is 6. The van der Waals surface area contributed by atoms with Gasteiger partial charge < -0.3 is 0 Å². The Morgan fingerprint density at radius 2 is 0.714 bits per heavy atom. The van der Waals surface area contributed by atoms with E-state index in [-0.39, 0.29) is 0 Å². The summed E-state index contributed by atoms with van der Waals surface area (Å²) in [5.41, 5.74) is 0. The van der Waals surface area contributed by atoms with E-state index in [1.807, 2.05) is 39.8 Å². The van der Waals surface area contributed by atoms with Gasteiger partial charge in [0.1, 0.15) is 0 Å². The fraction of sp³-hybridized carbons (Fsp3) is 0.905. The van der Waals surface area contributed by atoms with Gasteiger partial charge in [-0.3, -0.25) is 0 Å². The molecule has 0 heterocycles. The van der Waals surface area contributed by atoms with Crippen LogP contribution in [0.4, 0.5) is 0 Å². The zero-order valence-electron chi connectivity index (χ0n) is 17.5. The Balaban J connectivity index is -0.0000000563. The van der Waals surface area contributed by atoms with Crippen LogP contribution in [0.25, 0.3) is 0 Å². The minimum atomic E-state index is 1.25. The van der Waals surface area contributed by atoms with Crippen molar-refractivity contribution in [1.29, 1.82) is 0 Å². The second-order valence-electron chi connectivity index (χ2n) is 4.79. The Hall–Kier alpha value is -0.260. The molecule has 0 spiro atoms. The molecule has 0 aliphatic heterocycles. The molecular formula is C21H50. The molecule has 0 nitrogen and oxygen atoms in total. The molecule has 0 aromatic carbocycles. The van der Waals surface area contributed by atoms with E-state index in [1.54, 1.807) is 0 Å². The maximum atomic E-state index is 2.26. The molecule has 0 fully saturated rings. The van der Waals surface area contributed by atoms with E-state index in [9.17, 15) is 0 Å². The first-order valence-electron chi connectivity index (χ1n) is 9.73. The summed E-state index contributed by atoms with van der Waals surface area (Å²) < 4.78 is 0. The van der Waals surface area contributed by atoms with Crippen molar-refractivity contribution in [2.24, 2.45) is 0 Å². The Kier molecular flexibility index (Phi) is 93.4. The molecular weight excluding hydrogens is 252 g/mol. The minimum absolute atomic E-state index is 1.25. The number of hydrogen-bond acceptors (Lipinski definition) is 0. The van der Waals surface area contributed by atoms with Gasteiger partial charge in [0, 0.05) is 0 Å². The zero-order chi connectivity index (χ0) is 17.8. The summed E-state index contributed by atoms with van der Waals surface area (Å²) in [7, 11) is 0. The number of allylic oxidation sites excluding steroid dienone is 2. The van der Waals surface area contributed by atoms with Gasteiger partial charge >= 0.3 is 0 Å². The maximum Gasteiger partial charge on any atom is -0.0470 e. The lowest BCUT2D eigenvalue weighted by molar-refractivity contribution is 0.624. The van der Waals surface area contributed by atoms with Crippen LogP contribution in [-0.4, -0.2) is 0 Å². The first kappa shape index (κ1) is 32.6. The van der Waals surface area contributed by atoms with Gasteiger partial charge in [0.05, 0.1) is 0 Å². The summed E-state index contributed by atoms with van der Waals surface area (Å²) in [5.74, 6) is 0. The van der Waals surface area contributed by atoms with Gasteiger partial charge in [0.25, 0.3) is 0 Å². The van der Waals surface area contributed by atoms with E-state index in [0.717, 1.165) is 0 Å². The van der Waals surface area contributed by atoms with Gasteiger partial charge in [-0.05, 0) is 13.8 Å². The standard InChI is InChI=1S/C8H18.C4H10.C4H8.C3H8.C2H6/c1-3-5-7-8-6-4-2;2*1-3-4-2;1-3-2;1-2/h3-8H2,1-2H3;3-4H2,1-2H3;3-4H,1-2H3;3H2,1-2H3;1-2H3/b;;4-3+;;. The number of unbranched alkanes of at least 4 members (excludes halogenated alkanes) is 6. The normalized spacial score (nSPS) is 8.10. The first-order chi connectivity index (χ1) is 10.2. The van der Waals surface area contributed by atoms with Crippen LogP contribution in [-0.2, 0) is 0 Å². The van der Waals surface area contributed by atoms with Gasteiger partial charge in [0.15, 0.2) is 0 Å². The molecule has 21 heavy (non-hydrogen) atoms. The average Bonchev–Trinajstić information content (AvgIpc) is 2.55. The summed E-state index contributed by atoms with van der Waals surface area (Å²) in [5, 5.41) is 0. The molecule has 0 N–H and O–H groups in total. The molecule has 0 unspecified atom stereocenters. The molecule has 134 valence electrons. The Labute approximate surface area is 139 Å². The molecule has 0 aromatic heterocycles. The SMILES string of the molecule is C/C=C/C.CC.CCC.CCCC.CCCCCCCC. The number of hydrogen-bond donors (Lipinski definition) is 0. The minimum Gasteiger partial charge on any atom is -0.0919 e. The fourth-order valence-electron chi connectivity index (χ4n) is 0.854. The lowest BCUT2D eigenvalue weighted by atomic mass is 10.1. The third-order valence-corrected chi connectivity index (χ3v) is 2.29. The van der Waals surface area contributed by atoms with Crippen LogP contribution >= 0.6 is 0 Å². The van der Waals surface area contributed by atoms with Crippen LogP contribution in [0.3, 0.4) is 0 Å². The van der Waals surface area contributed by atoms with E-state index in [4.69, 9.17) is 0 Å². The van der Waals surface area contributed by atoms with E-state index < -0.39 is 0 Å². The molecule has 0 saturated heterocycles.